The first-order chi connectivity index (χ1) is 8.15. The largest absolute Gasteiger partial charge is 0.308 e. The molecule has 3 nitrogen and oxygen atoms in total. The second kappa shape index (κ2) is 5.94. The number of aryl methyl sites for hydroxylation is 1. The minimum Gasteiger partial charge on any atom is -0.308 e. The van der Waals surface area contributed by atoms with Crippen molar-refractivity contribution in [2.24, 2.45) is 5.92 Å². The van der Waals surface area contributed by atoms with Crippen LogP contribution in [0, 0.1) is 12.8 Å². The van der Waals surface area contributed by atoms with Gasteiger partial charge >= 0.3 is 0 Å². The van der Waals surface area contributed by atoms with Crippen LogP contribution in [0.1, 0.15) is 36.5 Å². The van der Waals surface area contributed by atoms with Crippen LogP contribution in [0.5, 0.6) is 0 Å². The predicted molar refractivity (Wildman–Crippen MR) is 73.5 cm³/mol. The Morgan fingerprint density at radius 2 is 2.24 bits per heavy atom. The van der Waals surface area contributed by atoms with E-state index in [1.807, 2.05) is 0 Å². The third-order valence-corrected chi connectivity index (χ3v) is 4.70. The number of aromatic nitrogens is 1. The molecule has 1 aliphatic rings. The van der Waals surface area contributed by atoms with Gasteiger partial charge in [0.05, 0.1) is 6.04 Å². The molecule has 0 radical (unpaired) electrons. The van der Waals surface area contributed by atoms with Gasteiger partial charge in [-0.3, -0.25) is 0 Å². The number of nitrogens with zero attached hydrogens (tertiary/aromatic N) is 2. The molecular formula is C13H23N3S. The molecule has 1 atom stereocenters. The van der Waals surface area contributed by atoms with Crippen molar-refractivity contribution in [3.63, 3.8) is 0 Å². The van der Waals surface area contributed by atoms with Crippen LogP contribution < -0.4 is 5.32 Å². The van der Waals surface area contributed by atoms with Crippen molar-refractivity contribution in [2.75, 3.05) is 26.7 Å². The van der Waals surface area contributed by atoms with Crippen molar-refractivity contribution < 1.29 is 0 Å². The summed E-state index contributed by atoms with van der Waals surface area (Å²) in [6.07, 6.45) is 2.65. The molecule has 1 aromatic rings. The second-order valence-corrected chi connectivity index (χ2v) is 6.09. The lowest BCUT2D eigenvalue weighted by molar-refractivity contribution is 0.213. The summed E-state index contributed by atoms with van der Waals surface area (Å²) in [4.78, 5) is 6.95. The van der Waals surface area contributed by atoms with Gasteiger partial charge in [0.25, 0.3) is 0 Å². The van der Waals surface area contributed by atoms with E-state index >= 15 is 0 Å². The SMILES string of the molecule is Cc1csc(C(C)NCC2CCN(C)CC2)n1. The number of nitrogens with one attached hydrogen (secondary N) is 1. The molecule has 0 aromatic carbocycles. The quantitative estimate of drug-likeness (QED) is 0.893. The number of hydrogen-bond acceptors (Lipinski definition) is 4. The lowest BCUT2D eigenvalue weighted by Crippen LogP contribution is -2.35. The normalized spacial score (nSPS) is 20.6. The zero-order chi connectivity index (χ0) is 12.3. The predicted octanol–water partition coefficient (Wildman–Crippen LogP) is 2.44. The first kappa shape index (κ1) is 13.0. The van der Waals surface area contributed by atoms with Crippen molar-refractivity contribution in [1.82, 2.24) is 15.2 Å². The van der Waals surface area contributed by atoms with E-state index in [1.165, 1.54) is 30.9 Å². The van der Waals surface area contributed by atoms with Crippen LogP contribution in [-0.4, -0.2) is 36.6 Å². The molecule has 2 rings (SSSR count). The monoisotopic (exact) mass is 253 g/mol. The fourth-order valence-electron chi connectivity index (χ4n) is 2.27. The van der Waals surface area contributed by atoms with E-state index in [0.29, 0.717) is 6.04 Å². The summed E-state index contributed by atoms with van der Waals surface area (Å²) in [5, 5.41) is 6.97. The molecule has 1 aromatic heterocycles. The van der Waals surface area contributed by atoms with Crippen LogP contribution in [0.4, 0.5) is 0 Å². The number of piperidine rings is 1. The summed E-state index contributed by atoms with van der Waals surface area (Å²) >= 11 is 1.76. The standard InChI is InChI=1S/C13H23N3S/c1-10-9-17-13(15-10)11(2)14-8-12-4-6-16(3)7-5-12/h9,11-12,14H,4-8H2,1-3H3. The Morgan fingerprint density at radius 1 is 1.53 bits per heavy atom. The molecule has 1 saturated heterocycles. The maximum absolute atomic E-state index is 4.53. The Bertz CT molecular complexity index is 342. The van der Waals surface area contributed by atoms with Crippen LogP contribution in [0.25, 0.3) is 0 Å². The van der Waals surface area contributed by atoms with Crippen molar-refractivity contribution in [3.05, 3.63) is 16.1 Å². The van der Waals surface area contributed by atoms with E-state index in [-0.39, 0.29) is 0 Å². The fraction of sp³-hybridized carbons (Fsp3) is 0.769. The van der Waals surface area contributed by atoms with Crippen LogP contribution in [0.15, 0.2) is 5.38 Å². The van der Waals surface area contributed by atoms with Crippen LogP contribution in [0.2, 0.25) is 0 Å². The fourth-order valence-corrected chi connectivity index (χ4v) is 3.10. The van der Waals surface area contributed by atoms with Gasteiger partial charge in [0, 0.05) is 11.1 Å². The highest BCUT2D eigenvalue weighted by Gasteiger charge is 2.17. The maximum atomic E-state index is 4.53. The van der Waals surface area contributed by atoms with Crippen LogP contribution in [0.3, 0.4) is 0 Å². The Hall–Kier alpha value is -0.450. The summed E-state index contributed by atoms with van der Waals surface area (Å²) in [5.74, 6) is 0.842. The summed E-state index contributed by atoms with van der Waals surface area (Å²) in [7, 11) is 2.21. The third kappa shape index (κ3) is 3.76. The van der Waals surface area contributed by atoms with Gasteiger partial charge in [0.1, 0.15) is 5.01 Å². The first-order valence-corrected chi connectivity index (χ1v) is 7.37. The number of hydrogen-bond donors (Lipinski definition) is 1. The van der Waals surface area contributed by atoms with Gasteiger partial charge in [0.2, 0.25) is 0 Å². The van der Waals surface area contributed by atoms with Gasteiger partial charge in [-0.1, -0.05) is 0 Å². The highest BCUT2D eigenvalue weighted by atomic mass is 32.1. The van der Waals surface area contributed by atoms with Crippen LogP contribution >= 0.6 is 11.3 Å². The first-order valence-electron chi connectivity index (χ1n) is 6.49. The summed E-state index contributed by atoms with van der Waals surface area (Å²) < 4.78 is 0. The van der Waals surface area contributed by atoms with Crippen molar-refractivity contribution in [3.8, 4) is 0 Å². The minimum absolute atomic E-state index is 0.397. The van der Waals surface area contributed by atoms with Gasteiger partial charge in [-0.25, -0.2) is 4.98 Å². The highest BCUT2D eigenvalue weighted by molar-refractivity contribution is 7.09. The van der Waals surface area contributed by atoms with Crippen molar-refractivity contribution >= 4 is 11.3 Å². The molecule has 4 heteroatoms. The lowest BCUT2D eigenvalue weighted by Gasteiger charge is -2.29. The molecular weight excluding hydrogens is 230 g/mol. The summed E-state index contributed by atoms with van der Waals surface area (Å²) in [5.41, 5.74) is 1.14. The van der Waals surface area contributed by atoms with Gasteiger partial charge in [-0.2, -0.15) is 0 Å². The van der Waals surface area contributed by atoms with Crippen LogP contribution in [-0.2, 0) is 0 Å². The van der Waals surface area contributed by atoms with E-state index in [4.69, 9.17) is 0 Å². The molecule has 17 heavy (non-hydrogen) atoms. The van der Waals surface area contributed by atoms with Gasteiger partial charge in [-0.15, -0.1) is 11.3 Å². The molecule has 1 N–H and O–H groups in total. The Labute approximate surface area is 108 Å². The Kier molecular flexibility index (Phi) is 4.54. The lowest BCUT2D eigenvalue weighted by atomic mass is 9.97. The third-order valence-electron chi connectivity index (χ3n) is 3.56. The minimum atomic E-state index is 0.397. The smallest absolute Gasteiger partial charge is 0.110 e. The van der Waals surface area contributed by atoms with Gasteiger partial charge in [-0.05, 0) is 59.3 Å². The molecule has 1 aliphatic heterocycles. The highest BCUT2D eigenvalue weighted by Crippen LogP contribution is 2.19. The zero-order valence-electron chi connectivity index (χ0n) is 11.1. The number of likely N-dealkylation sites (tertiary alicyclic amines) is 1. The maximum Gasteiger partial charge on any atom is 0.110 e. The molecule has 0 aliphatic carbocycles. The molecule has 0 spiro atoms. The molecule has 1 unspecified atom stereocenters. The average Bonchev–Trinajstić information content (AvgIpc) is 2.75. The molecule has 0 bridgehead atoms. The van der Waals surface area contributed by atoms with Gasteiger partial charge in [0.15, 0.2) is 0 Å². The number of thiazole rings is 1. The van der Waals surface area contributed by atoms with E-state index in [9.17, 15) is 0 Å². The molecule has 1 fully saturated rings. The number of rotatable bonds is 4. The second-order valence-electron chi connectivity index (χ2n) is 5.20. The Morgan fingerprint density at radius 3 is 2.82 bits per heavy atom. The average molecular weight is 253 g/mol. The Balaban J connectivity index is 1.74. The van der Waals surface area contributed by atoms with Crippen molar-refractivity contribution in [2.45, 2.75) is 32.7 Å². The van der Waals surface area contributed by atoms with E-state index in [2.05, 4.69) is 41.5 Å². The summed E-state index contributed by atoms with van der Waals surface area (Å²) in [6, 6.07) is 0.397. The van der Waals surface area contributed by atoms with E-state index < -0.39 is 0 Å². The molecule has 0 amide bonds. The topological polar surface area (TPSA) is 28.2 Å². The summed E-state index contributed by atoms with van der Waals surface area (Å²) in [6.45, 7) is 7.90. The molecule has 0 saturated carbocycles. The zero-order valence-corrected chi connectivity index (χ0v) is 11.9. The van der Waals surface area contributed by atoms with Crippen molar-refractivity contribution in [1.29, 1.82) is 0 Å². The van der Waals surface area contributed by atoms with E-state index in [0.717, 1.165) is 18.2 Å². The van der Waals surface area contributed by atoms with Gasteiger partial charge < -0.3 is 10.2 Å². The van der Waals surface area contributed by atoms with E-state index in [1.54, 1.807) is 11.3 Å². The molecule has 96 valence electrons. The molecule has 2 heterocycles.